The Balaban J connectivity index is 2.58. The smallest absolute Gasteiger partial charge is 0.339 e. The van der Waals surface area contributed by atoms with Gasteiger partial charge in [-0.1, -0.05) is 26.0 Å². The first-order valence-corrected chi connectivity index (χ1v) is 9.23. The summed E-state index contributed by atoms with van der Waals surface area (Å²) < 4.78 is 5.07. The van der Waals surface area contributed by atoms with Crippen LogP contribution in [-0.2, 0) is 14.3 Å². The molecule has 0 saturated carbocycles. The lowest BCUT2D eigenvalue weighted by Gasteiger charge is -2.11. The van der Waals surface area contributed by atoms with E-state index in [1.165, 1.54) is 11.8 Å². The van der Waals surface area contributed by atoms with E-state index in [0.29, 0.717) is 22.9 Å². The second kappa shape index (κ2) is 10.8. The van der Waals surface area contributed by atoms with Crippen molar-refractivity contribution in [2.75, 3.05) is 18.9 Å². The lowest BCUT2D eigenvalue weighted by Crippen LogP contribution is -2.32. The predicted molar refractivity (Wildman–Crippen MR) is 98.6 cm³/mol. The average molecular weight is 366 g/mol. The van der Waals surface area contributed by atoms with Crippen LogP contribution in [0.4, 0.5) is 0 Å². The molecule has 0 bridgehead atoms. The van der Waals surface area contributed by atoms with E-state index in [1.807, 2.05) is 27.7 Å². The first kappa shape index (κ1) is 21.0. The number of esters is 1. The van der Waals surface area contributed by atoms with E-state index in [-0.39, 0.29) is 30.2 Å². The molecule has 2 amide bonds. The van der Waals surface area contributed by atoms with E-state index in [4.69, 9.17) is 4.74 Å². The van der Waals surface area contributed by atoms with Crippen LogP contribution in [0.15, 0.2) is 29.2 Å². The van der Waals surface area contributed by atoms with E-state index >= 15 is 0 Å². The SMILES string of the molecule is CC(C)CNC(=O)COC(=O)c1ccccc1SCC(=O)NC(C)C. The molecule has 2 N–H and O–H groups in total. The summed E-state index contributed by atoms with van der Waals surface area (Å²) in [5.74, 6) is -0.474. The molecule has 0 saturated heterocycles. The highest BCUT2D eigenvalue weighted by Crippen LogP contribution is 2.23. The minimum Gasteiger partial charge on any atom is -0.452 e. The maximum atomic E-state index is 12.2. The van der Waals surface area contributed by atoms with Crippen molar-refractivity contribution in [1.82, 2.24) is 10.6 Å². The largest absolute Gasteiger partial charge is 0.452 e. The molecule has 1 aromatic carbocycles. The number of hydrogen-bond acceptors (Lipinski definition) is 5. The van der Waals surface area contributed by atoms with Crippen molar-refractivity contribution in [2.45, 2.75) is 38.6 Å². The Kier molecular flexibility index (Phi) is 9.05. The van der Waals surface area contributed by atoms with Crippen molar-refractivity contribution in [3.05, 3.63) is 29.8 Å². The molecule has 6 nitrogen and oxygen atoms in total. The number of nitrogens with one attached hydrogen (secondary N) is 2. The number of thioether (sulfide) groups is 1. The lowest BCUT2D eigenvalue weighted by atomic mass is 10.2. The van der Waals surface area contributed by atoms with Gasteiger partial charge in [0.1, 0.15) is 0 Å². The molecule has 1 rings (SSSR count). The summed E-state index contributed by atoms with van der Waals surface area (Å²) in [6, 6.07) is 6.94. The molecule has 0 unspecified atom stereocenters. The van der Waals surface area contributed by atoms with Gasteiger partial charge in [-0.25, -0.2) is 4.79 Å². The van der Waals surface area contributed by atoms with Crippen LogP contribution in [0.2, 0.25) is 0 Å². The van der Waals surface area contributed by atoms with Gasteiger partial charge in [0.2, 0.25) is 5.91 Å². The number of carbonyl (C=O) groups excluding carboxylic acids is 3. The van der Waals surface area contributed by atoms with E-state index in [9.17, 15) is 14.4 Å². The zero-order valence-corrected chi connectivity index (χ0v) is 15.9. The van der Waals surface area contributed by atoms with Crippen molar-refractivity contribution >= 4 is 29.5 Å². The van der Waals surface area contributed by atoms with Gasteiger partial charge in [0.15, 0.2) is 6.61 Å². The molecule has 0 aromatic heterocycles. The van der Waals surface area contributed by atoms with Gasteiger partial charge in [-0.2, -0.15) is 0 Å². The lowest BCUT2D eigenvalue weighted by molar-refractivity contribution is -0.124. The molecule has 0 aliphatic heterocycles. The van der Waals surface area contributed by atoms with Crippen LogP contribution in [0.1, 0.15) is 38.1 Å². The normalized spacial score (nSPS) is 10.6. The maximum absolute atomic E-state index is 12.2. The zero-order valence-electron chi connectivity index (χ0n) is 15.1. The molecule has 0 aliphatic carbocycles. The number of amides is 2. The Morgan fingerprint density at radius 3 is 2.40 bits per heavy atom. The second-order valence-corrected chi connectivity index (χ2v) is 7.30. The van der Waals surface area contributed by atoms with Crippen LogP contribution in [0.5, 0.6) is 0 Å². The van der Waals surface area contributed by atoms with E-state index in [0.717, 1.165) is 0 Å². The van der Waals surface area contributed by atoms with Crippen molar-refractivity contribution < 1.29 is 19.1 Å². The maximum Gasteiger partial charge on any atom is 0.339 e. The minimum atomic E-state index is -0.577. The summed E-state index contributed by atoms with van der Waals surface area (Å²) in [4.78, 5) is 36.2. The number of ether oxygens (including phenoxy) is 1. The zero-order chi connectivity index (χ0) is 18.8. The molecule has 0 atom stereocenters. The van der Waals surface area contributed by atoms with Crippen molar-refractivity contribution in [2.24, 2.45) is 5.92 Å². The summed E-state index contributed by atoms with van der Waals surface area (Å²) in [5.41, 5.74) is 0.349. The van der Waals surface area contributed by atoms with E-state index in [1.54, 1.807) is 24.3 Å². The third-order valence-electron chi connectivity index (χ3n) is 2.96. The van der Waals surface area contributed by atoms with Crippen molar-refractivity contribution in [3.8, 4) is 0 Å². The highest BCUT2D eigenvalue weighted by Gasteiger charge is 2.15. The molecule has 7 heteroatoms. The number of hydrogen-bond donors (Lipinski definition) is 2. The quantitative estimate of drug-likeness (QED) is 0.517. The highest BCUT2D eigenvalue weighted by atomic mass is 32.2. The van der Waals surface area contributed by atoms with Gasteiger partial charge in [0.25, 0.3) is 5.91 Å². The molecular weight excluding hydrogens is 340 g/mol. The molecule has 1 aromatic rings. The van der Waals surface area contributed by atoms with Crippen molar-refractivity contribution in [3.63, 3.8) is 0 Å². The average Bonchev–Trinajstić information content (AvgIpc) is 2.55. The molecule has 0 aliphatic rings. The molecule has 0 heterocycles. The van der Waals surface area contributed by atoms with Crippen LogP contribution in [0.3, 0.4) is 0 Å². The van der Waals surface area contributed by atoms with Crippen LogP contribution in [0.25, 0.3) is 0 Å². The van der Waals surface area contributed by atoms with E-state index in [2.05, 4.69) is 10.6 Å². The Hall–Kier alpha value is -2.02. The Morgan fingerprint density at radius 2 is 1.76 bits per heavy atom. The molecule has 0 radical (unpaired) electrons. The summed E-state index contributed by atoms with van der Waals surface area (Å²) >= 11 is 1.26. The van der Waals surface area contributed by atoms with E-state index < -0.39 is 5.97 Å². The Morgan fingerprint density at radius 1 is 1.08 bits per heavy atom. The van der Waals surface area contributed by atoms with Crippen LogP contribution >= 0.6 is 11.8 Å². The van der Waals surface area contributed by atoms with Gasteiger partial charge in [-0.05, 0) is 31.9 Å². The first-order chi connectivity index (χ1) is 11.8. The fourth-order valence-corrected chi connectivity index (χ4v) is 2.70. The minimum absolute atomic E-state index is 0.0673. The fourth-order valence-electron chi connectivity index (χ4n) is 1.85. The Labute approximate surface area is 153 Å². The molecule has 25 heavy (non-hydrogen) atoms. The van der Waals surface area contributed by atoms with Crippen LogP contribution < -0.4 is 10.6 Å². The Bertz CT molecular complexity index is 602. The molecule has 0 fully saturated rings. The van der Waals surface area contributed by atoms with Gasteiger partial charge in [0.05, 0.1) is 11.3 Å². The molecule has 138 valence electrons. The topological polar surface area (TPSA) is 84.5 Å². The van der Waals surface area contributed by atoms with Gasteiger partial charge in [-0.3, -0.25) is 9.59 Å². The van der Waals surface area contributed by atoms with Gasteiger partial charge >= 0.3 is 5.97 Å². The second-order valence-electron chi connectivity index (χ2n) is 6.28. The molecule has 0 spiro atoms. The standard InChI is InChI=1S/C18H26N2O4S/c1-12(2)9-19-16(21)10-24-18(23)14-7-5-6-8-15(14)25-11-17(22)20-13(3)4/h5-8,12-13H,9-11H2,1-4H3,(H,19,21)(H,20,22). The summed E-state index contributed by atoms with van der Waals surface area (Å²) in [5, 5.41) is 5.48. The van der Waals surface area contributed by atoms with Gasteiger partial charge < -0.3 is 15.4 Å². The monoisotopic (exact) mass is 366 g/mol. The van der Waals surface area contributed by atoms with Gasteiger partial charge in [-0.15, -0.1) is 11.8 Å². The number of rotatable bonds is 9. The first-order valence-electron chi connectivity index (χ1n) is 8.24. The predicted octanol–water partition coefficient (Wildman–Crippen LogP) is 2.23. The highest BCUT2D eigenvalue weighted by molar-refractivity contribution is 8.00. The van der Waals surface area contributed by atoms with Crippen LogP contribution in [0, 0.1) is 5.92 Å². The molecular formula is C18H26N2O4S. The summed E-state index contributed by atoms with van der Waals surface area (Å²) in [6.45, 7) is 7.95. The third kappa shape index (κ3) is 8.58. The third-order valence-corrected chi connectivity index (χ3v) is 4.03. The van der Waals surface area contributed by atoms with Gasteiger partial charge in [0, 0.05) is 17.5 Å². The summed E-state index contributed by atoms with van der Waals surface area (Å²) in [6.07, 6.45) is 0. The number of benzene rings is 1. The number of carbonyl (C=O) groups is 3. The van der Waals surface area contributed by atoms with Crippen LogP contribution in [-0.4, -0.2) is 42.7 Å². The fraction of sp³-hybridized carbons (Fsp3) is 0.500. The summed E-state index contributed by atoms with van der Waals surface area (Å²) in [7, 11) is 0. The van der Waals surface area contributed by atoms with Crippen molar-refractivity contribution in [1.29, 1.82) is 0 Å².